The van der Waals surface area contributed by atoms with E-state index in [-0.39, 0.29) is 88.1 Å². The Morgan fingerprint density at radius 1 is 0.628 bits per heavy atom. The van der Waals surface area contributed by atoms with Crippen LogP contribution in [0.1, 0.15) is 98.1 Å². The van der Waals surface area contributed by atoms with E-state index in [1.165, 1.54) is 41.0 Å². The number of hydrogen-bond donors (Lipinski definition) is 10. The molecule has 0 aliphatic carbocycles. The van der Waals surface area contributed by atoms with Crippen LogP contribution in [0.2, 0.25) is 0 Å². The monoisotopic (exact) mass is 1200 g/mol. The number of ether oxygens (including phenoxy) is 1. The fourth-order valence-electron chi connectivity index (χ4n) is 12.2. The van der Waals surface area contributed by atoms with Crippen molar-refractivity contribution < 1.29 is 77.9 Å². The van der Waals surface area contributed by atoms with Gasteiger partial charge in [-0.2, -0.15) is 0 Å². The van der Waals surface area contributed by atoms with E-state index in [1.807, 2.05) is 0 Å². The Labute approximate surface area is 499 Å². The van der Waals surface area contributed by atoms with Gasteiger partial charge in [-0.3, -0.25) is 47.9 Å². The van der Waals surface area contributed by atoms with Gasteiger partial charge in [-0.25, -0.2) is 4.79 Å². The van der Waals surface area contributed by atoms with Gasteiger partial charge in [0, 0.05) is 58.8 Å². The lowest BCUT2D eigenvalue weighted by Gasteiger charge is -2.34. The Kier molecular flexibility index (Phi) is 22.3. The van der Waals surface area contributed by atoms with Crippen molar-refractivity contribution >= 4 is 65.0 Å². The predicted octanol–water partition coefficient (Wildman–Crippen LogP) is -1.86. The Morgan fingerprint density at radius 3 is 1.73 bits per heavy atom. The quantitative estimate of drug-likeness (QED) is 0.104. The molecule has 5 fully saturated rings. The van der Waals surface area contributed by atoms with Gasteiger partial charge in [-0.15, -0.1) is 0 Å². The van der Waals surface area contributed by atoms with Gasteiger partial charge in [-0.05, 0) is 66.2 Å². The zero-order chi connectivity index (χ0) is 62.8. The summed E-state index contributed by atoms with van der Waals surface area (Å²) >= 11 is 0. The number of aliphatic hydroxyl groups is 3. The highest BCUT2D eigenvalue weighted by molar-refractivity contribution is 6.00. The van der Waals surface area contributed by atoms with Crippen LogP contribution >= 0.6 is 0 Å². The van der Waals surface area contributed by atoms with Crippen molar-refractivity contribution in [1.29, 1.82) is 0 Å². The summed E-state index contributed by atoms with van der Waals surface area (Å²) in [5.74, 6) is -10.8. The molecule has 0 radical (unpaired) electrons. The molecule has 5 saturated heterocycles. The van der Waals surface area contributed by atoms with Crippen LogP contribution in [-0.4, -0.2) is 217 Å². The smallest absolute Gasteiger partial charge is 0.328 e. The number of phenols is 1. The molecule has 26 nitrogen and oxygen atoms in total. The Bertz CT molecular complexity index is 2820. The Balaban J connectivity index is 1.28. The number of cyclic esters (lactones) is 1. The molecule has 2 aromatic rings. The number of esters is 1. The van der Waals surface area contributed by atoms with Crippen molar-refractivity contribution in [2.24, 2.45) is 23.7 Å². The van der Waals surface area contributed by atoms with Gasteiger partial charge in [0.05, 0.1) is 18.8 Å². The normalized spacial score (nSPS) is 30.2. The number of rotatable bonds is 12. The zero-order valence-corrected chi connectivity index (χ0v) is 49.8. The summed E-state index contributed by atoms with van der Waals surface area (Å²) in [4.78, 5) is 164. The number of amides is 10. The molecular weight excluding hydrogens is 1120 g/mol. The first-order valence-corrected chi connectivity index (χ1v) is 29.7. The standard InChI is InChI=1S/C60H84N10O16/c1-8-34(6)50-55(80)63-43(22-37-14-16-38(73)17-15-37)52(77)64-44(29-71)56(81)69-27-39(74)23-47(69)59(84)70-28-40(75)24-48(70)58(83)68-26-33(5)20-49(68)60(85)86-30-45(65-51(76)42(61-35(7)72)21-36-12-10-9-11-13-36)57(82)67-25-32(4)19-46(67)54(79)62-41(18-31(2)3)53(78)66-50/h9-17,31-34,39-50,71,73-75H,8,18-30H2,1-7H3,(H,61,72)(H,62,79)(H,63,80)(H,64,77)(H,65,76)(H,66,78)/t32-,33-,34-,39+,40+,41+,42-,43+,44?,45?,46-,47-,48-,49-,50-/m0/s1. The molecule has 2 unspecified atom stereocenters. The maximum atomic E-state index is 15.1. The number of nitrogens with zero attached hydrogens (tertiary/aromatic N) is 4. The third-order valence-electron chi connectivity index (χ3n) is 16.8. The van der Waals surface area contributed by atoms with Gasteiger partial charge in [0.1, 0.15) is 72.8 Å². The molecule has 15 atom stereocenters. The van der Waals surface area contributed by atoms with Crippen molar-refractivity contribution in [2.75, 3.05) is 39.4 Å². The van der Waals surface area contributed by atoms with Gasteiger partial charge in [0.25, 0.3) is 0 Å². The number of phenolic OH excluding ortho intramolecular Hbond substituents is 1. The maximum absolute atomic E-state index is 15.1. The second-order valence-electron chi connectivity index (χ2n) is 24.4. The first kappa shape index (κ1) is 65.8. The molecule has 5 aliphatic rings. The van der Waals surface area contributed by atoms with E-state index in [0.717, 1.165) is 9.80 Å². The lowest BCUT2D eigenvalue weighted by atomic mass is 9.95. The molecule has 5 aliphatic heterocycles. The van der Waals surface area contributed by atoms with Crippen molar-refractivity contribution in [3.8, 4) is 5.75 Å². The lowest BCUT2D eigenvalue weighted by Crippen LogP contribution is -2.62. The van der Waals surface area contributed by atoms with Crippen LogP contribution in [0.4, 0.5) is 0 Å². The average molecular weight is 1200 g/mol. The van der Waals surface area contributed by atoms with Gasteiger partial charge in [-0.1, -0.05) is 90.4 Å². The van der Waals surface area contributed by atoms with Gasteiger partial charge < -0.3 is 76.7 Å². The van der Waals surface area contributed by atoms with Crippen LogP contribution < -0.4 is 31.9 Å². The molecule has 470 valence electrons. The summed E-state index contributed by atoms with van der Waals surface area (Å²) < 4.78 is 5.89. The molecular formula is C60H84N10O16. The van der Waals surface area contributed by atoms with E-state index in [9.17, 15) is 68.4 Å². The van der Waals surface area contributed by atoms with Crippen LogP contribution in [0.5, 0.6) is 5.75 Å². The zero-order valence-electron chi connectivity index (χ0n) is 49.8. The molecule has 5 heterocycles. The summed E-state index contributed by atoms with van der Waals surface area (Å²) in [7, 11) is 0. The van der Waals surface area contributed by atoms with E-state index in [4.69, 9.17) is 4.74 Å². The molecule has 0 spiro atoms. The van der Waals surface area contributed by atoms with Crippen LogP contribution in [0.3, 0.4) is 0 Å². The minimum atomic E-state index is -1.77. The highest BCUT2D eigenvalue weighted by Gasteiger charge is 2.51. The Morgan fingerprint density at radius 2 is 1.16 bits per heavy atom. The van der Waals surface area contributed by atoms with Crippen LogP contribution in [0.25, 0.3) is 0 Å². The number of aliphatic hydroxyl groups excluding tert-OH is 3. The molecule has 86 heavy (non-hydrogen) atoms. The van der Waals surface area contributed by atoms with Crippen LogP contribution in [0.15, 0.2) is 54.6 Å². The first-order valence-electron chi connectivity index (χ1n) is 29.7. The number of benzene rings is 2. The number of fused-ring (bicyclic) bond motifs is 4. The lowest BCUT2D eigenvalue weighted by molar-refractivity contribution is -0.158. The second-order valence-corrected chi connectivity index (χ2v) is 24.4. The fourth-order valence-corrected chi connectivity index (χ4v) is 12.2. The van der Waals surface area contributed by atoms with Crippen molar-refractivity contribution in [3.63, 3.8) is 0 Å². The predicted molar refractivity (Wildman–Crippen MR) is 307 cm³/mol. The highest BCUT2D eigenvalue weighted by Crippen LogP contribution is 2.32. The number of hydrogen-bond acceptors (Lipinski definition) is 16. The van der Waals surface area contributed by atoms with E-state index in [1.54, 1.807) is 71.9 Å². The molecule has 10 amide bonds. The SMILES string of the molecule is CC[C@H](C)[C@@H]1NC(=O)[C@@H](CC(C)C)NC(=O)[C@@H]2C[C@H](C)CN2C(=O)C(NC(=O)[C@H](Cc2ccccc2)NC(C)=O)COC(=O)[C@@H]2C[C@H](C)CN2C(=O)[C@@H]2C[C@@H](O)CN2C(=O)[C@@H]2C[C@@H](O)CN2C(=O)C(CO)NC(=O)[C@@H](Cc2ccc(O)cc2)NC1=O. The van der Waals surface area contributed by atoms with Crippen molar-refractivity contribution in [3.05, 3.63) is 65.7 Å². The summed E-state index contributed by atoms with van der Waals surface area (Å²) in [5.41, 5.74) is 1.09. The van der Waals surface area contributed by atoms with E-state index >= 15 is 4.79 Å². The van der Waals surface area contributed by atoms with Crippen molar-refractivity contribution in [1.82, 2.24) is 51.5 Å². The number of carbonyl (C=O) groups is 11. The van der Waals surface area contributed by atoms with Gasteiger partial charge in [0.2, 0.25) is 59.1 Å². The summed E-state index contributed by atoms with van der Waals surface area (Å²) in [6.07, 6.45) is -2.92. The minimum Gasteiger partial charge on any atom is -0.508 e. The fraction of sp³-hybridized carbons (Fsp3) is 0.617. The van der Waals surface area contributed by atoms with Crippen LogP contribution in [-0.2, 0) is 70.3 Å². The Hall–Kier alpha value is -7.71. The molecule has 0 aromatic heterocycles. The molecule has 26 heteroatoms. The average Bonchev–Trinajstić information content (AvgIpc) is 1.81. The topological polar surface area (TPSA) is 363 Å². The maximum Gasteiger partial charge on any atom is 0.328 e. The molecule has 10 N–H and O–H groups in total. The molecule has 0 saturated carbocycles. The number of carbonyl (C=O) groups excluding carboxylic acids is 11. The minimum absolute atomic E-state index is 0.0143. The third-order valence-corrected chi connectivity index (χ3v) is 16.8. The third kappa shape index (κ3) is 16.2. The van der Waals surface area contributed by atoms with Crippen molar-refractivity contribution in [2.45, 2.75) is 172 Å². The summed E-state index contributed by atoms with van der Waals surface area (Å²) in [6.45, 7) is 9.12. The summed E-state index contributed by atoms with van der Waals surface area (Å²) in [6, 6.07) is 0.0903. The van der Waals surface area contributed by atoms with E-state index < -0.39 is 163 Å². The molecule has 2 aromatic carbocycles. The number of aromatic hydroxyl groups is 1. The summed E-state index contributed by atoms with van der Waals surface area (Å²) in [5, 5.41) is 59.0. The van der Waals surface area contributed by atoms with Crippen LogP contribution in [0, 0.1) is 23.7 Å². The largest absolute Gasteiger partial charge is 0.508 e. The molecule has 7 rings (SSSR count). The van der Waals surface area contributed by atoms with Gasteiger partial charge in [0.15, 0.2) is 0 Å². The number of nitrogens with one attached hydrogen (secondary N) is 6. The first-order chi connectivity index (χ1) is 40.8. The highest BCUT2D eigenvalue weighted by atomic mass is 16.5. The van der Waals surface area contributed by atoms with E-state index in [2.05, 4.69) is 31.9 Å². The van der Waals surface area contributed by atoms with E-state index in [0.29, 0.717) is 17.5 Å². The second kappa shape index (κ2) is 29.1. The van der Waals surface area contributed by atoms with Gasteiger partial charge >= 0.3 is 5.97 Å². The molecule has 0 bridgehead atoms.